The molecule has 3 aromatic carbocycles. The molecule has 0 aromatic heterocycles. The van der Waals surface area contributed by atoms with Gasteiger partial charge >= 0.3 is 0 Å². The van der Waals surface area contributed by atoms with Gasteiger partial charge in [-0.2, -0.15) is 0 Å². The highest BCUT2D eigenvalue weighted by atomic mass is 79.9. The van der Waals surface area contributed by atoms with Crippen molar-refractivity contribution < 1.29 is 28.5 Å². The average Bonchev–Trinajstić information content (AvgIpc) is 3.23. The number of ketones is 1. The molecule has 0 unspecified atom stereocenters. The third-order valence-corrected chi connectivity index (χ3v) is 7.01. The van der Waals surface area contributed by atoms with Crippen molar-refractivity contribution in [2.45, 2.75) is 19.6 Å². The summed E-state index contributed by atoms with van der Waals surface area (Å²) in [6.07, 6.45) is 2.62. The number of fused-ring (bicyclic) bond motifs is 4. The first kappa shape index (κ1) is 23.1. The van der Waals surface area contributed by atoms with Crippen molar-refractivity contribution in [3.05, 3.63) is 86.6 Å². The number of allylic oxidation sites excluding steroid dienone is 1. The van der Waals surface area contributed by atoms with Gasteiger partial charge < -0.3 is 23.7 Å². The fourth-order valence-electron chi connectivity index (χ4n) is 4.68. The minimum Gasteiger partial charge on any atom is -0.497 e. The van der Waals surface area contributed by atoms with Crippen LogP contribution in [-0.4, -0.2) is 37.9 Å². The van der Waals surface area contributed by atoms with E-state index in [1.165, 1.54) is 5.56 Å². The molecule has 3 aromatic rings. The van der Waals surface area contributed by atoms with E-state index in [2.05, 4.69) is 33.0 Å². The van der Waals surface area contributed by atoms with Gasteiger partial charge in [-0.05, 0) is 54.5 Å². The Balaban J connectivity index is 1.23. The maximum absolute atomic E-state index is 13.2. The van der Waals surface area contributed by atoms with Crippen molar-refractivity contribution in [3.8, 4) is 23.0 Å². The number of ether oxygens (including phenoxy) is 5. The zero-order chi connectivity index (χ0) is 24.6. The Hall–Kier alpha value is -3.33. The molecule has 36 heavy (non-hydrogen) atoms. The predicted molar refractivity (Wildman–Crippen MR) is 136 cm³/mol. The molecule has 0 radical (unpaired) electrons. The molecular weight excluding hydrogens is 526 g/mol. The van der Waals surface area contributed by atoms with Crippen LogP contribution >= 0.6 is 15.9 Å². The molecule has 6 rings (SSSR count). The van der Waals surface area contributed by atoms with Crippen LogP contribution in [0.3, 0.4) is 0 Å². The van der Waals surface area contributed by atoms with Crippen molar-refractivity contribution >= 4 is 27.8 Å². The molecule has 0 aliphatic carbocycles. The molecule has 0 amide bonds. The Labute approximate surface area is 217 Å². The minimum absolute atomic E-state index is 0.149. The van der Waals surface area contributed by atoms with Crippen LogP contribution in [-0.2, 0) is 24.3 Å². The lowest BCUT2D eigenvalue weighted by molar-refractivity contribution is -0.0165. The molecule has 0 N–H and O–H groups in total. The van der Waals surface area contributed by atoms with E-state index < -0.39 is 0 Å². The molecule has 3 aliphatic heterocycles. The third kappa shape index (κ3) is 4.36. The van der Waals surface area contributed by atoms with Gasteiger partial charge in [-0.3, -0.25) is 9.69 Å². The summed E-state index contributed by atoms with van der Waals surface area (Å²) in [4.78, 5) is 15.5. The summed E-state index contributed by atoms with van der Waals surface area (Å²) in [6.45, 7) is 2.58. The molecule has 0 atom stereocenters. The summed E-state index contributed by atoms with van der Waals surface area (Å²) in [6, 6.07) is 15.6. The molecule has 8 heteroatoms. The molecule has 0 fully saturated rings. The SMILES string of the molecule is COc1ccc(CCN2COc3ccc4c(c3C2)O/C(=C\c2cc(Br)cc3c2OCOC3)C4=O)cc1. The average molecular weight is 550 g/mol. The first-order chi connectivity index (χ1) is 17.6. The molecule has 0 bridgehead atoms. The number of Topliss-reactive ketones (excluding diaryl/α,β-unsaturated/α-hetero) is 1. The largest absolute Gasteiger partial charge is 0.497 e. The maximum atomic E-state index is 13.2. The number of nitrogens with zero attached hydrogens (tertiary/aromatic N) is 1. The van der Waals surface area contributed by atoms with Gasteiger partial charge in [-0.25, -0.2) is 0 Å². The zero-order valence-corrected chi connectivity index (χ0v) is 21.3. The van der Waals surface area contributed by atoms with Gasteiger partial charge in [0.1, 0.15) is 29.7 Å². The Kier molecular flexibility index (Phi) is 6.17. The van der Waals surface area contributed by atoms with Gasteiger partial charge in [0.05, 0.1) is 24.8 Å². The normalized spacial score (nSPS) is 17.5. The molecule has 0 saturated carbocycles. The lowest BCUT2D eigenvalue weighted by atomic mass is 10.0. The molecule has 3 aliphatic rings. The number of halogens is 1. The van der Waals surface area contributed by atoms with Gasteiger partial charge in [-0.15, -0.1) is 0 Å². The van der Waals surface area contributed by atoms with Crippen LogP contribution in [0, 0.1) is 0 Å². The quantitative estimate of drug-likeness (QED) is 0.398. The lowest BCUT2D eigenvalue weighted by Crippen LogP contribution is -2.33. The number of benzene rings is 3. The summed E-state index contributed by atoms with van der Waals surface area (Å²) >= 11 is 3.53. The van der Waals surface area contributed by atoms with E-state index in [-0.39, 0.29) is 18.3 Å². The second kappa shape index (κ2) is 9.61. The van der Waals surface area contributed by atoms with Crippen molar-refractivity contribution in [1.82, 2.24) is 4.90 Å². The summed E-state index contributed by atoms with van der Waals surface area (Å²) in [5.41, 5.74) is 4.36. The van der Waals surface area contributed by atoms with Gasteiger partial charge in [0.25, 0.3) is 0 Å². The first-order valence-electron chi connectivity index (χ1n) is 11.7. The van der Waals surface area contributed by atoms with E-state index in [9.17, 15) is 4.79 Å². The number of hydrogen-bond acceptors (Lipinski definition) is 7. The van der Waals surface area contributed by atoms with Crippen LogP contribution in [0.4, 0.5) is 0 Å². The molecule has 7 nitrogen and oxygen atoms in total. The molecule has 0 saturated heterocycles. The molecular formula is C28H24BrNO6. The fraction of sp³-hybridized carbons (Fsp3) is 0.250. The van der Waals surface area contributed by atoms with Crippen LogP contribution in [0.25, 0.3) is 6.08 Å². The van der Waals surface area contributed by atoms with Crippen LogP contribution in [0.5, 0.6) is 23.0 Å². The van der Waals surface area contributed by atoms with Crippen molar-refractivity contribution in [1.29, 1.82) is 0 Å². The predicted octanol–water partition coefficient (Wildman–Crippen LogP) is 5.34. The smallest absolute Gasteiger partial charge is 0.231 e. The number of rotatable bonds is 5. The number of carbonyl (C=O) groups is 1. The summed E-state index contributed by atoms with van der Waals surface area (Å²) < 4.78 is 29.4. The van der Waals surface area contributed by atoms with Crippen LogP contribution in [0.2, 0.25) is 0 Å². The van der Waals surface area contributed by atoms with Gasteiger partial charge in [0, 0.05) is 28.7 Å². The zero-order valence-electron chi connectivity index (χ0n) is 19.7. The highest BCUT2D eigenvalue weighted by Gasteiger charge is 2.34. The third-order valence-electron chi connectivity index (χ3n) is 6.55. The monoisotopic (exact) mass is 549 g/mol. The van der Waals surface area contributed by atoms with Crippen molar-refractivity contribution in [3.63, 3.8) is 0 Å². The highest BCUT2D eigenvalue weighted by Crippen LogP contribution is 2.43. The van der Waals surface area contributed by atoms with Crippen LogP contribution in [0.15, 0.2) is 58.8 Å². The number of hydrogen-bond donors (Lipinski definition) is 0. The highest BCUT2D eigenvalue weighted by molar-refractivity contribution is 9.10. The Morgan fingerprint density at radius 1 is 1.08 bits per heavy atom. The maximum Gasteiger partial charge on any atom is 0.231 e. The van der Waals surface area contributed by atoms with E-state index in [1.807, 2.05) is 30.3 Å². The summed E-state index contributed by atoms with van der Waals surface area (Å²) in [5, 5.41) is 0. The van der Waals surface area contributed by atoms with Gasteiger partial charge in [0.15, 0.2) is 12.6 Å². The molecule has 184 valence electrons. The Bertz CT molecular complexity index is 1370. The van der Waals surface area contributed by atoms with E-state index in [0.29, 0.717) is 36.9 Å². The fourth-order valence-corrected chi connectivity index (χ4v) is 5.21. The molecule has 0 spiro atoms. The first-order valence-corrected chi connectivity index (χ1v) is 12.5. The second-order valence-electron chi connectivity index (χ2n) is 8.88. The Morgan fingerprint density at radius 3 is 2.78 bits per heavy atom. The van der Waals surface area contributed by atoms with Gasteiger partial charge in [0.2, 0.25) is 5.78 Å². The van der Waals surface area contributed by atoms with Gasteiger partial charge in [-0.1, -0.05) is 28.1 Å². The van der Waals surface area contributed by atoms with E-state index in [0.717, 1.165) is 45.6 Å². The van der Waals surface area contributed by atoms with Crippen LogP contribution in [0.1, 0.15) is 32.6 Å². The minimum atomic E-state index is -0.149. The van der Waals surface area contributed by atoms with E-state index >= 15 is 0 Å². The number of carbonyl (C=O) groups excluding carboxylic acids is 1. The van der Waals surface area contributed by atoms with Crippen LogP contribution < -0.4 is 18.9 Å². The van der Waals surface area contributed by atoms with E-state index in [1.54, 1.807) is 19.3 Å². The van der Waals surface area contributed by atoms with Crippen molar-refractivity contribution in [2.24, 2.45) is 0 Å². The van der Waals surface area contributed by atoms with Crippen molar-refractivity contribution in [2.75, 3.05) is 27.2 Å². The summed E-state index contributed by atoms with van der Waals surface area (Å²) in [5.74, 6) is 3.00. The Morgan fingerprint density at radius 2 is 1.94 bits per heavy atom. The lowest BCUT2D eigenvalue weighted by Gasteiger charge is -2.29. The topological polar surface area (TPSA) is 66.5 Å². The molecule has 3 heterocycles. The van der Waals surface area contributed by atoms with E-state index in [4.69, 9.17) is 23.7 Å². The number of methoxy groups -OCH3 is 1. The summed E-state index contributed by atoms with van der Waals surface area (Å²) in [7, 11) is 1.67. The standard InChI is InChI=1S/C28H24BrNO6/c1-32-21-4-2-17(3-5-21)8-9-30-13-23-24(34-15-30)7-6-22-26(31)25(36-28(22)23)12-18-10-20(29)11-19-14-33-16-35-27(18)19/h2-7,10-12H,8-9,13-16H2,1H3/b25-12-. The second-order valence-corrected chi connectivity index (χ2v) is 9.79.